The molecule has 5 heteroatoms. The number of piperidine rings is 1. The molecular weight excluding hydrogens is 274 g/mol. The highest BCUT2D eigenvalue weighted by Gasteiger charge is 2.30. The highest BCUT2D eigenvalue weighted by Crippen LogP contribution is 2.30. The number of fused-ring (bicyclic) bond motifs is 1. The highest BCUT2D eigenvalue weighted by atomic mass is 15.3. The lowest BCUT2D eigenvalue weighted by molar-refractivity contribution is 0.204. The number of aromatic nitrogens is 3. The molecule has 0 bridgehead atoms. The Kier molecular flexibility index (Phi) is 3.79. The number of H-pyrrole nitrogens is 1. The van der Waals surface area contributed by atoms with Gasteiger partial charge < -0.3 is 4.90 Å². The lowest BCUT2D eigenvalue weighted by Crippen LogP contribution is -2.47. The van der Waals surface area contributed by atoms with E-state index in [1.807, 2.05) is 24.3 Å². The minimum atomic E-state index is 0.250. The fraction of sp³-hybridized carbons (Fsp3) is 0.353. The second-order valence-corrected chi connectivity index (χ2v) is 5.84. The molecule has 2 atom stereocenters. The van der Waals surface area contributed by atoms with Gasteiger partial charge in [-0.3, -0.25) is 5.41 Å². The molecule has 0 saturated carbocycles. The largest absolute Gasteiger partial charge is 0.353 e. The molecular formula is C17H21N5. The zero-order valence-electron chi connectivity index (χ0n) is 12.8. The topological polar surface area (TPSA) is 68.7 Å². The van der Waals surface area contributed by atoms with Crippen LogP contribution < -0.4 is 0 Å². The zero-order chi connectivity index (χ0) is 15.7. The number of rotatable bonds is 3. The maximum Gasteiger partial charge on any atom is 0.128 e. The number of allylic oxidation sites excluding steroid dienone is 1. The van der Waals surface area contributed by atoms with Crippen molar-refractivity contribution in [2.75, 3.05) is 6.54 Å². The minimum absolute atomic E-state index is 0.250. The maximum atomic E-state index is 8.58. The van der Waals surface area contributed by atoms with Crippen LogP contribution in [0.25, 0.3) is 11.0 Å². The van der Waals surface area contributed by atoms with E-state index in [2.05, 4.69) is 40.4 Å². The Morgan fingerprint density at radius 2 is 2.18 bits per heavy atom. The van der Waals surface area contributed by atoms with Crippen LogP contribution >= 0.6 is 0 Å². The van der Waals surface area contributed by atoms with Crippen LogP contribution in [0.2, 0.25) is 0 Å². The molecule has 22 heavy (non-hydrogen) atoms. The van der Waals surface area contributed by atoms with Gasteiger partial charge in [-0.25, -0.2) is 0 Å². The number of hydrogen-bond acceptors (Lipinski definition) is 3. The van der Waals surface area contributed by atoms with Gasteiger partial charge in [-0.05, 0) is 38.0 Å². The fourth-order valence-electron chi connectivity index (χ4n) is 3.26. The van der Waals surface area contributed by atoms with Gasteiger partial charge in [0.2, 0.25) is 0 Å². The molecule has 5 nitrogen and oxygen atoms in total. The van der Waals surface area contributed by atoms with Gasteiger partial charge >= 0.3 is 0 Å². The van der Waals surface area contributed by atoms with E-state index in [9.17, 15) is 0 Å². The summed E-state index contributed by atoms with van der Waals surface area (Å²) < 4.78 is 0. The fourth-order valence-corrected chi connectivity index (χ4v) is 3.26. The molecule has 2 N–H and O–H groups in total. The molecule has 1 aromatic carbocycles. The van der Waals surface area contributed by atoms with Crippen molar-refractivity contribution in [1.29, 1.82) is 5.41 Å². The first kappa shape index (κ1) is 14.5. The van der Waals surface area contributed by atoms with Gasteiger partial charge in [-0.2, -0.15) is 15.4 Å². The Hall–Kier alpha value is -2.43. The van der Waals surface area contributed by atoms with E-state index in [0.717, 1.165) is 41.6 Å². The molecule has 0 amide bonds. The first-order valence-electron chi connectivity index (χ1n) is 7.59. The van der Waals surface area contributed by atoms with E-state index in [1.54, 1.807) is 0 Å². The second-order valence-electron chi connectivity index (χ2n) is 5.84. The first-order valence-corrected chi connectivity index (χ1v) is 7.59. The van der Waals surface area contributed by atoms with Crippen molar-refractivity contribution < 1.29 is 0 Å². The molecule has 1 saturated heterocycles. The SMILES string of the molecule is C=CC(=C)C1CCCN(C(=N)c2ccc3n[nH]nc3c2)C1C. The monoisotopic (exact) mass is 295 g/mol. The zero-order valence-corrected chi connectivity index (χ0v) is 12.8. The van der Waals surface area contributed by atoms with Crippen LogP contribution in [0.15, 0.2) is 43.0 Å². The van der Waals surface area contributed by atoms with E-state index >= 15 is 0 Å². The van der Waals surface area contributed by atoms with Gasteiger partial charge in [0.25, 0.3) is 0 Å². The van der Waals surface area contributed by atoms with Crippen molar-refractivity contribution in [3.63, 3.8) is 0 Å². The van der Waals surface area contributed by atoms with Gasteiger partial charge in [0.1, 0.15) is 16.9 Å². The summed E-state index contributed by atoms with van der Waals surface area (Å²) in [5.74, 6) is 0.904. The minimum Gasteiger partial charge on any atom is -0.353 e. The van der Waals surface area contributed by atoms with Gasteiger partial charge in [0.05, 0.1) is 0 Å². The number of nitrogens with zero attached hydrogens (tertiary/aromatic N) is 3. The predicted octanol–water partition coefficient (Wildman–Crippen LogP) is 3.13. The number of benzene rings is 1. The van der Waals surface area contributed by atoms with Crippen LogP contribution in [-0.2, 0) is 0 Å². The summed E-state index contributed by atoms with van der Waals surface area (Å²) in [6.07, 6.45) is 4.02. The number of hydrogen-bond donors (Lipinski definition) is 2. The maximum absolute atomic E-state index is 8.58. The van der Waals surface area contributed by atoms with Crippen LogP contribution in [0.4, 0.5) is 0 Å². The normalized spacial score (nSPS) is 21.8. The molecule has 1 fully saturated rings. The van der Waals surface area contributed by atoms with Crippen LogP contribution in [0.5, 0.6) is 0 Å². The summed E-state index contributed by atoms with van der Waals surface area (Å²) in [5, 5.41) is 19.4. The summed E-state index contributed by atoms with van der Waals surface area (Å²) >= 11 is 0. The molecule has 0 spiro atoms. The molecule has 2 unspecified atom stereocenters. The summed E-state index contributed by atoms with van der Waals surface area (Å²) in [5.41, 5.74) is 3.55. The van der Waals surface area contributed by atoms with E-state index in [4.69, 9.17) is 5.41 Å². The molecule has 1 aromatic heterocycles. The average molecular weight is 295 g/mol. The summed E-state index contributed by atoms with van der Waals surface area (Å²) in [6, 6.07) is 6.00. The van der Waals surface area contributed by atoms with E-state index in [-0.39, 0.29) is 6.04 Å². The molecule has 2 aromatic rings. The van der Waals surface area contributed by atoms with Crippen molar-refractivity contribution in [3.8, 4) is 0 Å². The Morgan fingerprint density at radius 1 is 1.41 bits per heavy atom. The van der Waals surface area contributed by atoms with Crippen LogP contribution in [-0.4, -0.2) is 38.7 Å². The smallest absolute Gasteiger partial charge is 0.128 e. The Morgan fingerprint density at radius 3 is 2.95 bits per heavy atom. The summed E-state index contributed by atoms with van der Waals surface area (Å²) in [7, 11) is 0. The standard InChI is InChI=1S/C17H21N5/c1-4-11(2)14-6-5-9-22(12(14)3)17(18)13-7-8-15-16(10-13)20-21-19-15/h4,7-8,10,12,14,18H,1-2,5-6,9H2,3H3,(H,19,20,21). The van der Waals surface area contributed by atoms with E-state index in [0.29, 0.717) is 11.8 Å². The quantitative estimate of drug-likeness (QED) is 0.519. The summed E-state index contributed by atoms with van der Waals surface area (Å²) in [6.45, 7) is 11.0. The molecule has 0 radical (unpaired) electrons. The van der Waals surface area contributed by atoms with Crippen molar-refractivity contribution in [2.24, 2.45) is 5.92 Å². The molecule has 2 heterocycles. The lowest BCUT2D eigenvalue weighted by atomic mass is 9.84. The van der Waals surface area contributed by atoms with Crippen LogP contribution in [0.3, 0.4) is 0 Å². The van der Waals surface area contributed by atoms with Gasteiger partial charge in [0, 0.05) is 24.1 Å². The number of nitrogens with one attached hydrogen (secondary N) is 2. The van der Waals surface area contributed by atoms with E-state index < -0.39 is 0 Å². The molecule has 114 valence electrons. The van der Waals surface area contributed by atoms with Crippen molar-refractivity contribution >= 4 is 16.9 Å². The summed E-state index contributed by atoms with van der Waals surface area (Å²) in [4.78, 5) is 2.16. The molecule has 0 aliphatic carbocycles. The van der Waals surface area contributed by atoms with Gasteiger partial charge in [-0.15, -0.1) is 0 Å². The van der Waals surface area contributed by atoms with Crippen molar-refractivity contribution in [1.82, 2.24) is 20.3 Å². The Labute approximate surface area is 130 Å². The van der Waals surface area contributed by atoms with E-state index in [1.165, 1.54) is 0 Å². The Balaban J connectivity index is 1.86. The Bertz CT molecular complexity index is 729. The average Bonchev–Trinajstić information content (AvgIpc) is 3.01. The number of amidine groups is 1. The third-order valence-electron chi connectivity index (χ3n) is 4.60. The number of likely N-dealkylation sites (tertiary alicyclic amines) is 1. The van der Waals surface area contributed by atoms with Gasteiger partial charge in [0.15, 0.2) is 0 Å². The highest BCUT2D eigenvalue weighted by molar-refractivity contribution is 5.99. The third-order valence-corrected chi connectivity index (χ3v) is 4.60. The van der Waals surface area contributed by atoms with Crippen LogP contribution in [0, 0.1) is 11.3 Å². The molecule has 1 aliphatic heterocycles. The number of aromatic amines is 1. The lowest BCUT2D eigenvalue weighted by Gasteiger charge is -2.41. The predicted molar refractivity (Wildman–Crippen MR) is 88.9 cm³/mol. The third kappa shape index (κ3) is 2.43. The molecule has 1 aliphatic rings. The van der Waals surface area contributed by atoms with Crippen LogP contribution in [0.1, 0.15) is 25.3 Å². The van der Waals surface area contributed by atoms with Gasteiger partial charge in [-0.1, -0.05) is 24.8 Å². The second kappa shape index (κ2) is 5.75. The van der Waals surface area contributed by atoms with Crippen molar-refractivity contribution in [2.45, 2.75) is 25.8 Å². The van der Waals surface area contributed by atoms with Crippen molar-refractivity contribution in [3.05, 3.63) is 48.6 Å². The first-order chi connectivity index (χ1) is 10.6. The molecule has 3 rings (SSSR count).